The lowest BCUT2D eigenvalue weighted by atomic mass is 10.1. The van der Waals surface area contributed by atoms with Crippen LogP contribution in [0.25, 0.3) is 0 Å². The Morgan fingerprint density at radius 1 is 1.28 bits per heavy atom. The smallest absolute Gasteiger partial charge is 0.133 e. The van der Waals surface area contributed by atoms with Crippen molar-refractivity contribution in [2.75, 3.05) is 37.0 Å². The first-order chi connectivity index (χ1) is 8.90. The van der Waals surface area contributed by atoms with E-state index in [-0.39, 0.29) is 0 Å². The number of piperidine rings is 1. The van der Waals surface area contributed by atoms with Crippen LogP contribution in [0.3, 0.4) is 0 Å². The first kappa shape index (κ1) is 13.6. The Labute approximate surface area is 113 Å². The normalized spacial score (nSPS) is 15.9. The molecule has 2 rings (SSSR count). The molecule has 2 heterocycles. The zero-order valence-electron chi connectivity index (χ0n) is 11.0. The van der Waals surface area contributed by atoms with Crippen molar-refractivity contribution in [2.45, 2.75) is 31.2 Å². The lowest BCUT2D eigenvalue weighted by Crippen LogP contribution is -2.30. The van der Waals surface area contributed by atoms with Gasteiger partial charge < -0.3 is 9.64 Å². The highest BCUT2D eigenvalue weighted by Gasteiger charge is 2.12. The Morgan fingerprint density at radius 2 is 2.11 bits per heavy atom. The zero-order chi connectivity index (χ0) is 12.6. The van der Waals surface area contributed by atoms with Gasteiger partial charge in [0.15, 0.2) is 0 Å². The van der Waals surface area contributed by atoms with Gasteiger partial charge >= 0.3 is 0 Å². The number of aromatic nitrogens is 2. The summed E-state index contributed by atoms with van der Waals surface area (Å²) < 4.78 is 5.33. The average molecular weight is 267 g/mol. The monoisotopic (exact) mass is 267 g/mol. The summed E-state index contributed by atoms with van der Waals surface area (Å²) in [4.78, 5) is 11.0. The van der Waals surface area contributed by atoms with E-state index in [4.69, 9.17) is 4.74 Å². The van der Waals surface area contributed by atoms with E-state index in [9.17, 15) is 0 Å². The van der Waals surface area contributed by atoms with Gasteiger partial charge in [-0.2, -0.15) is 0 Å². The Morgan fingerprint density at radius 3 is 2.89 bits per heavy atom. The van der Waals surface area contributed by atoms with Crippen LogP contribution in [0, 0.1) is 0 Å². The highest BCUT2D eigenvalue weighted by Crippen LogP contribution is 2.22. The van der Waals surface area contributed by atoms with Crippen molar-refractivity contribution < 1.29 is 4.74 Å². The maximum atomic E-state index is 5.33. The van der Waals surface area contributed by atoms with Crippen molar-refractivity contribution in [1.29, 1.82) is 0 Å². The molecule has 5 heteroatoms. The van der Waals surface area contributed by atoms with Crippen LogP contribution in [-0.2, 0) is 4.74 Å². The molecule has 1 saturated heterocycles. The van der Waals surface area contributed by atoms with Crippen LogP contribution in [0.5, 0.6) is 0 Å². The van der Waals surface area contributed by atoms with E-state index in [1.165, 1.54) is 19.3 Å². The molecule has 0 bridgehead atoms. The molecule has 0 spiro atoms. The van der Waals surface area contributed by atoms with Crippen LogP contribution >= 0.6 is 11.8 Å². The first-order valence-electron chi connectivity index (χ1n) is 6.67. The fourth-order valence-electron chi connectivity index (χ4n) is 2.05. The molecule has 18 heavy (non-hydrogen) atoms. The molecular formula is C13H21N3OS. The zero-order valence-corrected chi connectivity index (χ0v) is 11.8. The van der Waals surface area contributed by atoms with E-state index >= 15 is 0 Å². The molecule has 0 radical (unpaired) electrons. The van der Waals surface area contributed by atoms with E-state index in [2.05, 4.69) is 20.9 Å². The summed E-state index contributed by atoms with van der Waals surface area (Å²) in [6, 6.07) is 2.10. The fourth-order valence-corrected chi connectivity index (χ4v) is 2.78. The van der Waals surface area contributed by atoms with Gasteiger partial charge in [0.05, 0.1) is 6.61 Å². The van der Waals surface area contributed by atoms with Gasteiger partial charge in [-0.15, -0.1) is 11.8 Å². The maximum Gasteiger partial charge on any atom is 0.133 e. The largest absolute Gasteiger partial charge is 0.381 e. The minimum absolute atomic E-state index is 0.781. The Bertz CT molecular complexity index is 356. The molecule has 0 unspecified atom stereocenters. The molecule has 0 aromatic carbocycles. The summed E-state index contributed by atoms with van der Waals surface area (Å²) in [7, 11) is 0. The second-order valence-corrected chi connectivity index (χ2v) is 5.42. The molecule has 1 aromatic heterocycles. The highest BCUT2D eigenvalue weighted by molar-refractivity contribution is 7.99. The number of nitrogens with zero attached hydrogens (tertiary/aromatic N) is 3. The third kappa shape index (κ3) is 4.14. The van der Waals surface area contributed by atoms with Gasteiger partial charge in [0.1, 0.15) is 17.2 Å². The summed E-state index contributed by atoms with van der Waals surface area (Å²) in [5, 5.41) is 1.05. The summed E-state index contributed by atoms with van der Waals surface area (Å²) in [5.41, 5.74) is 0. The van der Waals surface area contributed by atoms with Crippen molar-refractivity contribution in [3.05, 3.63) is 12.4 Å². The molecule has 0 N–H and O–H groups in total. The summed E-state index contributed by atoms with van der Waals surface area (Å²) in [6.07, 6.45) is 5.57. The molecule has 1 aliphatic heterocycles. The second kappa shape index (κ2) is 7.59. The predicted molar refractivity (Wildman–Crippen MR) is 75.3 cm³/mol. The Balaban J connectivity index is 1.88. The highest BCUT2D eigenvalue weighted by atomic mass is 32.2. The molecule has 0 atom stereocenters. The van der Waals surface area contributed by atoms with Crippen molar-refractivity contribution in [1.82, 2.24) is 9.97 Å². The van der Waals surface area contributed by atoms with E-state index in [0.717, 1.165) is 42.9 Å². The second-order valence-electron chi connectivity index (χ2n) is 4.31. The fraction of sp³-hybridized carbons (Fsp3) is 0.692. The van der Waals surface area contributed by atoms with Gasteiger partial charge in [-0.05, 0) is 26.2 Å². The molecule has 0 aliphatic carbocycles. The van der Waals surface area contributed by atoms with E-state index in [1.807, 2.05) is 6.92 Å². The molecule has 1 aliphatic rings. The number of hydrogen-bond donors (Lipinski definition) is 0. The quantitative estimate of drug-likeness (QED) is 0.450. The predicted octanol–water partition coefficient (Wildman–Crippen LogP) is 2.60. The topological polar surface area (TPSA) is 38.2 Å². The van der Waals surface area contributed by atoms with Crippen LogP contribution < -0.4 is 4.90 Å². The Hall–Kier alpha value is -0.810. The van der Waals surface area contributed by atoms with E-state index < -0.39 is 0 Å². The first-order valence-corrected chi connectivity index (χ1v) is 7.66. The van der Waals surface area contributed by atoms with E-state index in [0.29, 0.717) is 0 Å². The van der Waals surface area contributed by atoms with Crippen LogP contribution in [0.15, 0.2) is 17.4 Å². The lowest BCUT2D eigenvalue weighted by Gasteiger charge is -2.27. The standard InChI is InChI=1S/C13H21N3OS/c1-2-17-8-9-18-13-10-12(14-11-15-13)16-6-4-3-5-7-16/h10-11H,2-9H2,1H3. The molecule has 1 aromatic rings. The van der Waals surface area contributed by atoms with Crippen LogP contribution in [0.4, 0.5) is 5.82 Å². The van der Waals surface area contributed by atoms with Gasteiger partial charge in [0.2, 0.25) is 0 Å². The summed E-state index contributed by atoms with van der Waals surface area (Å²) in [5.74, 6) is 2.02. The molecule has 0 saturated carbocycles. The van der Waals surface area contributed by atoms with Gasteiger partial charge in [-0.25, -0.2) is 9.97 Å². The molecular weight excluding hydrogens is 246 g/mol. The van der Waals surface area contributed by atoms with E-state index in [1.54, 1.807) is 18.1 Å². The minimum atomic E-state index is 0.781. The molecule has 100 valence electrons. The van der Waals surface area contributed by atoms with Crippen molar-refractivity contribution in [3.63, 3.8) is 0 Å². The van der Waals surface area contributed by atoms with Crippen molar-refractivity contribution in [3.8, 4) is 0 Å². The van der Waals surface area contributed by atoms with Gasteiger partial charge in [-0.3, -0.25) is 0 Å². The van der Waals surface area contributed by atoms with Crippen LogP contribution in [-0.4, -0.2) is 42.0 Å². The van der Waals surface area contributed by atoms with Crippen molar-refractivity contribution >= 4 is 17.6 Å². The van der Waals surface area contributed by atoms with Gasteiger partial charge in [0, 0.05) is 31.5 Å². The number of rotatable bonds is 6. The molecule has 4 nitrogen and oxygen atoms in total. The summed E-state index contributed by atoms with van der Waals surface area (Å²) in [6.45, 7) is 5.83. The number of anilines is 1. The third-order valence-corrected chi connectivity index (χ3v) is 3.88. The molecule has 0 amide bonds. The number of hydrogen-bond acceptors (Lipinski definition) is 5. The van der Waals surface area contributed by atoms with Crippen molar-refractivity contribution in [2.24, 2.45) is 0 Å². The van der Waals surface area contributed by atoms with Gasteiger partial charge in [-0.1, -0.05) is 0 Å². The van der Waals surface area contributed by atoms with Crippen LogP contribution in [0.1, 0.15) is 26.2 Å². The maximum absolute atomic E-state index is 5.33. The number of thioether (sulfide) groups is 1. The van der Waals surface area contributed by atoms with Gasteiger partial charge in [0.25, 0.3) is 0 Å². The third-order valence-electron chi connectivity index (χ3n) is 2.99. The number of ether oxygens (including phenoxy) is 1. The SMILES string of the molecule is CCOCCSc1cc(N2CCCCC2)ncn1. The lowest BCUT2D eigenvalue weighted by molar-refractivity contribution is 0.164. The van der Waals surface area contributed by atoms with Crippen LogP contribution in [0.2, 0.25) is 0 Å². The minimum Gasteiger partial charge on any atom is -0.381 e. The molecule has 1 fully saturated rings. The summed E-state index contributed by atoms with van der Waals surface area (Å²) >= 11 is 1.74. The average Bonchev–Trinajstić information content (AvgIpc) is 2.45. The Kier molecular flexibility index (Phi) is 5.74.